The lowest BCUT2D eigenvalue weighted by molar-refractivity contribution is 0.0471. The number of carboxylic acid groups (broad SMARTS) is 1. The molecule has 6 nitrogen and oxygen atoms in total. The molecule has 0 bridgehead atoms. The summed E-state index contributed by atoms with van der Waals surface area (Å²) in [5.41, 5.74) is 0.124. The Bertz CT molecular complexity index is 569. The number of likely N-dealkylation sites (tertiary alicyclic amines) is 1. The topological polar surface area (TPSA) is 79.7 Å². The molecule has 3 rings (SSSR count). The minimum absolute atomic E-state index is 0.0916. The van der Waals surface area contributed by atoms with Crippen LogP contribution in [0.15, 0.2) is 18.2 Å². The molecule has 2 saturated heterocycles. The monoisotopic (exact) mass is 304 g/mol. The van der Waals surface area contributed by atoms with Gasteiger partial charge in [0.25, 0.3) is 5.91 Å². The summed E-state index contributed by atoms with van der Waals surface area (Å²) in [5.74, 6) is -0.130. The highest BCUT2D eigenvalue weighted by molar-refractivity contribution is 5.94. The van der Waals surface area contributed by atoms with E-state index in [-0.39, 0.29) is 17.3 Å². The SMILES string of the molecule is O=C(O)c1cccc(C(=O)N2CCC(C3CCOCC3)C2)n1. The van der Waals surface area contributed by atoms with E-state index in [1.165, 1.54) is 6.07 Å². The number of aromatic nitrogens is 1. The zero-order chi connectivity index (χ0) is 15.5. The molecule has 0 spiro atoms. The number of hydrogen-bond acceptors (Lipinski definition) is 4. The van der Waals surface area contributed by atoms with Gasteiger partial charge >= 0.3 is 5.97 Å². The summed E-state index contributed by atoms with van der Waals surface area (Å²) in [6.45, 7) is 3.09. The molecule has 22 heavy (non-hydrogen) atoms. The molecular weight excluding hydrogens is 284 g/mol. The lowest BCUT2D eigenvalue weighted by Crippen LogP contribution is -2.31. The highest BCUT2D eigenvalue weighted by atomic mass is 16.5. The maximum atomic E-state index is 12.5. The molecule has 0 saturated carbocycles. The van der Waals surface area contributed by atoms with E-state index in [9.17, 15) is 9.59 Å². The third-order valence-corrected chi connectivity index (χ3v) is 4.63. The van der Waals surface area contributed by atoms with E-state index < -0.39 is 5.97 Å². The molecule has 1 amide bonds. The maximum Gasteiger partial charge on any atom is 0.354 e. The average Bonchev–Trinajstić information content (AvgIpc) is 3.05. The van der Waals surface area contributed by atoms with Crippen LogP contribution in [0.5, 0.6) is 0 Å². The van der Waals surface area contributed by atoms with Crippen molar-refractivity contribution in [3.63, 3.8) is 0 Å². The van der Waals surface area contributed by atoms with E-state index in [1.54, 1.807) is 17.0 Å². The molecule has 1 unspecified atom stereocenters. The molecule has 0 radical (unpaired) electrons. The van der Waals surface area contributed by atoms with Gasteiger partial charge in [0.05, 0.1) is 0 Å². The lowest BCUT2D eigenvalue weighted by Gasteiger charge is -2.27. The molecule has 1 aromatic rings. The first-order chi connectivity index (χ1) is 10.6. The number of hydrogen-bond donors (Lipinski definition) is 1. The second-order valence-corrected chi connectivity index (χ2v) is 5.96. The minimum Gasteiger partial charge on any atom is -0.477 e. The smallest absolute Gasteiger partial charge is 0.354 e. The zero-order valence-corrected chi connectivity index (χ0v) is 12.4. The standard InChI is InChI=1S/C16H20N2O4/c19-15(13-2-1-3-14(17-13)16(20)21)18-7-4-12(10-18)11-5-8-22-9-6-11/h1-3,11-12H,4-10H2,(H,20,21). The van der Waals surface area contributed by atoms with E-state index >= 15 is 0 Å². The number of carbonyl (C=O) groups excluding carboxylic acids is 1. The summed E-state index contributed by atoms with van der Waals surface area (Å²) >= 11 is 0. The van der Waals surface area contributed by atoms with Gasteiger partial charge in [-0.1, -0.05) is 6.07 Å². The van der Waals surface area contributed by atoms with Gasteiger partial charge in [-0.15, -0.1) is 0 Å². The predicted molar refractivity (Wildman–Crippen MR) is 78.7 cm³/mol. The zero-order valence-electron chi connectivity index (χ0n) is 12.4. The molecule has 118 valence electrons. The van der Waals surface area contributed by atoms with Crippen molar-refractivity contribution in [2.75, 3.05) is 26.3 Å². The van der Waals surface area contributed by atoms with E-state index in [1.807, 2.05) is 0 Å². The molecule has 1 N–H and O–H groups in total. The number of pyridine rings is 1. The second kappa shape index (κ2) is 6.44. The normalized spacial score (nSPS) is 22.7. The van der Waals surface area contributed by atoms with Gasteiger partial charge in [0.1, 0.15) is 11.4 Å². The molecule has 2 aliphatic rings. The minimum atomic E-state index is -1.11. The van der Waals surface area contributed by atoms with Crippen molar-refractivity contribution >= 4 is 11.9 Å². The Balaban J connectivity index is 1.66. The van der Waals surface area contributed by atoms with Gasteiger partial charge in [0.2, 0.25) is 0 Å². The highest BCUT2D eigenvalue weighted by Crippen LogP contribution is 2.31. The molecule has 1 atom stereocenters. The lowest BCUT2D eigenvalue weighted by atomic mass is 9.85. The number of carboxylic acids is 1. The Kier molecular flexibility index (Phi) is 4.38. The van der Waals surface area contributed by atoms with Crippen LogP contribution in [0.25, 0.3) is 0 Å². The molecule has 1 aromatic heterocycles. The van der Waals surface area contributed by atoms with Crippen LogP contribution in [0.3, 0.4) is 0 Å². The van der Waals surface area contributed by atoms with Gasteiger partial charge in [-0.3, -0.25) is 4.79 Å². The summed E-state index contributed by atoms with van der Waals surface area (Å²) < 4.78 is 5.39. The van der Waals surface area contributed by atoms with Crippen molar-refractivity contribution in [2.45, 2.75) is 19.3 Å². The van der Waals surface area contributed by atoms with Gasteiger partial charge in [0, 0.05) is 26.3 Å². The fourth-order valence-electron chi connectivity index (χ4n) is 3.38. The predicted octanol–water partition coefficient (Wildman–Crippen LogP) is 1.67. The van der Waals surface area contributed by atoms with Crippen molar-refractivity contribution in [3.8, 4) is 0 Å². The van der Waals surface area contributed by atoms with Gasteiger partial charge in [-0.2, -0.15) is 0 Å². The maximum absolute atomic E-state index is 12.5. The molecular formula is C16H20N2O4. The number of rotatable bonds is 3. The second-order valence-electron chi connectivity index (χ2n) is 5.96. The van der Waals surface area contributed by atoms with Crippen LogP contribution < -0.4 is 0 Å². The van der Waals surface area contributed by atoms with Gasteiger partial charge in [-0.05, 0) is 43.2 Å². The van der Waals surface area contributed by atoms with E-state index in [0.717, 1.165) is 45.6 Å². The molecule has 2 fully saturated rings. The van der Waals surface area contributed by atoms with Crippen LogP contribution in [-0.4, -0.2) is 53.2 Å². The molecule has 6 heteroatoms. The third-order valence-electron chi connectivity index (χ3n) is 4.63. The van der Waals surface area contributed by atoms with E-state index in [2.05, 4.69) is 4.98 Å². The quantitative estimate of drug-likeness (QED) is 0.919. The Hall–Kier alpha value is -1.95. The number of nitrogens with zero attached hydrogens (tertiary/aromatic N) is 2. The fourth-order valence-corrected chi connectivity index (χ4v) is 3.38. The third kappa shape index (κ3) is 3.11. The molecule has 0 aliphatic carbocycles. The van der Waals surface area contributed by atoms with Crippen LogP contribution in [0.4, 0.5) is 0 Å². The van der Waals surface area contributed by atoms with Crippen molar-refractivity contribution in [3.05, 3.63) is 29.6 Å². The Morgan fingerprint density at radius 1 is 1.14 bits per heavy atom. The summed E-state index contributed by atoms with van der Waals surface area (Å²) in [6.07, 6.45) is 3.15. The van der Waals surface area contributed by atoms with Gasteiger partial charge in [0.15, 0.2) is 0 Å². The summed E-state index contributed by atoms with van der Waals surface area (Å²) in [6, 6.07) is 4.54. The largest absolute Gasteiger partial charge is 0.477 e. The molecule has 0 aromatic carbocycles. The van der Waals surface area contributed by atoms with E-state index in [4.69, 9.17) is 9.84 Å². The van der Waals surface area contributed by atoms with Crippen molar-refractivity contribution < 1.29 is 19.4 Å². The van der Waals surface area contributed by atoms with Crippen molar-refractivity contribution in [2.24, 2.45) is 11.8 Å². The summed E-state index contributed by atoms with van der Waals surface area (Å²) in [7, 11) is 0. The van der Waals surface area contributed by atoms with Crippen LogP contribution in [0.2, 0.25) is 0 Å². The number of ether oxygens (including phenoxy) is 1. The van der Waals surface area contributed by atoms with Crippen LogP contribution in [0, 0.1) is 11.8 Å². The average molecular weight is 304 g/mol. The van der Waals surface area contributed by atoms with Crippen LogP contribution in [-0.2, 0) is 4.74 Å². The van der Waals surface area contributed by atoms with Gasteiger partial charge < -0.3 is 14.7 Å². The highest BCUT2D eigenvalue weighted by Gasteiger charge is 2.33. The number of aromatic carboxylic acids is 1. The number of amides is 1. The van der Waals surface area contributed by atoms with Crippen LogP contribution in [0.1, 0.15) is 40.2 Å². The first kappa shape index (κ1) is 15.0. The Labute approximate surface area is 129 Å². The molecule has 3 heterocycles. The van der Waals surface area contributed by atoms with Crippen LogP contribution >= 0.6 is 0 Å². The summed E-state index contributed by atoms with van der Waals surface area (Å²) in [5, 5.41) is 8.97. The summed E-state index contributed by atoms with van der Waals surface area (Å²) in [4.78, 5) is 29.2. The first-order valence-corrected chi connectivity index (χ1v) is 7.72. The van der Waals surface area contributed by atoms with E-state index in [0.29, 0.717) is 11.8 Å². The number of carbonyl (C=O) groups is 2. The van der Waals surface area contributed by atoms with Gasteiger partial charge in [-0.25, -0.2) is 9.78 Å². The first-order valence-electron chi connectivity index (χ1n) is 7.72. The Morgan fingerprint density at radius 2 is 1.86 bits per heavy atom. The fraction of sp³-hybridized carbons (Fsp3) is 0.562. The molecule has 2 aliphatic heterocycles. The Morgan fingerprint density at radius 3 is 2.59 bits per heavy atom. The van der Waals surface area contributed by atoms with Crippen molar-refractivity contribution in [1.82, 2.24) is 9.88 Å². The van der Waals surface area contributed by atoms with Crippen molar-refractivity contribution in [1.29, 1.82) is 0 Å².